The van der Waals surface area contributed by atoms with Crippen LogP contribution in [0, 0.1) is 13.8 Å². The molecule has 32 heavy (non-hydrogen) atoms. The molecule has 0 fully saturated rings. The lowest BCUT2D eigenvalue weighted by molar-refractivity contribution is -0.137. The minimum Gasteiger partial charge on any atom is -0.350 e. The lowest BCUT2D eigenvalue weighted by Gasteiger charge is -2.17. The van der Waals surface area contributed by atoms with Gasteiger partial charge >= 0.3 is 6.18 Å². The maximum atomic E-state index is 13.4. The Labute approximate surface area is 183 Å². The first-order valence-corrected chi connectivity index (χ1v) is 9.87. The zero-order chi connectivity index (χ0) is 23.0. The minimum atomic E-state index is -4.53. The van der Waals surface area contributed by atoms with Crippen molar-refractivity contribution in [2.24, 2.45) is 0 Å². The van der Waals surface area contributed by atoms with Crippen LogP contribution in [0.2, 0.25) is 0 Å². The third-order valence-electron chi connectivity index (χ3n) is 5.35. The smallest absolute Gasteiger partial charge is 0.350 e. The molecule has 0 spiro atoms. The van der Waals surface area contributed by atoms with E-state index >= 15 is 0 Å². The molecule has 0 bridgehead atoms. The van der Waals surface area contributed by atoms with Gasteiger partial charge in [0.25, 0.3) is 11.8 Å². The normalized spacial score (nSPS) is 14.3. The fourth-order valence-corrected chi connectivity index (χ4v) is 3.54. The van der Waals surface area contributed by atoms with Crippen molar-refractivity contribution in [3.8, 4) is 0 Å². The van der Waals surface area contributed by atoms with Crippen molar-refractivity contribution in [2.45, 2.75) is 20.0 Å². The van der Waals surface area contributed by atoms with Gasteiger partial charge in [0, 0.05) is 5.69 Å². The molecule has 0 saturated carbocycles. The van der Waals surface area contributed by atoms with Crippen molar-refractivity contribution in [3.63, 3.8) is 0 Å². The second-order valence-corrected chi connectivity index (χ2v) is 7.53. The highest BCUT2D eigenvalue weighted by atomic mass is 19.4. The summed E-state index contributed by atoms with van der Waals surface area (Å²) >= 11 is 0. The number of halogens is 3. The van der Waals surface area contributed by atoms with E-state index in [1.165, 1.54) is 12.1 Å². The van der Waals surface area contributed by atoms with E-state index in [2.05, 4.69) is 5.32 Å². The topological polar surface area (TPSA) is 49.4 Å². The predicted molar refractivity (Wildman–Crippen MR) is 117 cm³/mol. The number of carbonyl (C=O) groups excluding carboxylic acids is 2. The number of benzene rings is 3. The number of hydrogen-bond acceptors (Lipinski definition) is 3. The van der Waals surface area contributed by atoms with Crippen LogP contribution < -0.4 is 10.2 Å². The van der Waals surface area contributed by atoms with Crippen molar-refractivity contribution in [1.29, 1.82) is 0 Å². The first kappa shape index (κ1) is 21.4. The average Bonchev–Trinajstić information content (AvgIpc) is 3.00. The van der Waals surface area contributed by atoms with Gasteiger partial charge in [0.2, 0.25) is 0 Å². The van der Waals surface area contributed by atoms with Crippen molar-refractivity contribution < 1.29 is 22.8 Å². The monoisotopic (exact) mass is 436 g/mol. The molecule has 3 aromatic rings. The zero-order valence-corrected chi connectivity index (χ0v) is 17.3. The quantitative estimate of drug-likeness (QED) is 0.533. The van der Waals surface area contributed by atoms with Crippen LogP contribution in [0.5, 0.6) is 0 Å². The number of anilines is 2. The molecule has 0 aromatic heterocycles. The van der Waals surface area contributed by atoms with E-state index in [0.717, 1.165) is 28.2 Å². The Morgan fingerprint density at radius 2 is 1.50 bits per heavy atom. The van der Waals surface area contributed by atoms with Gasteiger partial charge in [-0.05, 0) is 60.9 Å². The summed E-state index contributed by atoms with van der Waals surface area (Å²) in [7, 11) is 0. The Morgan fingerprint density at radius 1 is 0.781 bits per heavy atom. The van der Waals surface area contributed by atoms with Crippen LogP contribution in [0.15, 0.2) is 78.5 Å². The third-order valence-corrected chi connectivity index (χ3v) is 5.35. The number of aryl methyl sites for hydroxylation is 2. The minimum absolute atomic E-state index is 0.0614. The van der Waals surface area contributed by atoms with Crippen molar-refractivity contribution >= 4 is 28.8 Å². The molecule has 4 rings (SSSR count). The maximum Gasteiger partial charge on any atom is 0.416 e. The molecule has 162 valence electrons. The number of hydrogen-bond donors (Lipinski definition) is 1. The second kappa shape index (κ2) is 8.00. The molecule has 1 aliphatic rings. The Morgan fingerprint density at radius 3 is 2.16 bits per heavy atom. The maximum absolute atomic E-state index is 13.4. The lowest BCUT2D eigenvalue weighted by atomic mass is 10.0. The highest BCUT2D eigenvalue weighted by molar-refractivity contribution is 6.46. The molecule has 7 heteroatoms. The fourth-order valence-electron chi connectivity index (χ4n) is 3.54. The second-order valence-electron chi connectivity index (χ2n) is 7.53. The van der Waals surface area contributed by atoms with Crippen LogP contribution in [0.3, 0.4) is 0 Å². The van der Waals surface area contributed by atoms with E-state index in [4.69, 9.17) is 0 Å². The Balaban J connectivity index is 1.81. The zero-order valence-electron chi connectivity index (χ0n) is 17.3. The summed E-state index contributed by atoms with van der Waals surface area (Å²) in [4.78, 5) is 27.8. The highest BCUT2D eigenvalue weighted by Gasteiger charge is 2.40. The number of nitrogens with zero attached hydrogens (tertiary/aromatic N) is 1. The standard InChI is InChI=1S/C25H19F3N2O2/c1-15-11-12-20(13-16(15)2)30-23(31)21(17-7-4-3-5-8-17)22(24(30)32)29-19-10-6-9-18(14-19)25(26,27)28/h3-14,29H,1-2H3. The van der Waals surface area contributed by atoms with Crippen molar-refractivity contribution in [3.05, 3.63) is 101 Å². The van der Waals surface area contributed by atoms with E-state index in [-0.39, 0.29) is 17.0 Å². The molecule has 1 heterocycles. The van der Waals surface area contributed by atoms with Crippen LogP contribution >= 0.6 is 0 Å². The van der Waals surface area contributed by atoms with Gasteiger partial charge in [0.05, 0.1) is 16.8 Å². The van der Waals surface area contributed by atoms with E-state index in [1.54, 1.807) is 42.5 Å². The summed E-state index contributed by atoms with van der Waals surface area (Å²) in [6.45, 7) is 3.79. The number of alkyl halides is 3. The van der Waals surface area contributed by atoms with Gasteiger partial charge in [0.1, 0.15) is 5.70 Å². The highest BCUT2D eigenvalue weighted by Crippen LogP contribution is 2.36. The van der Waals surface area contributed by atoms with Gasteiger partial charge in [-0.1, -0.05) is 42.5 Å². The number of rotatable bonds is 4. The van der Waals surface area contributed by atoms with Crippen LogP contribution in [-0.2, 0) is 15.8 Å². The summed E-state index contributed by atoms with van der Waals surface area (Å²) < 4.78 is 39.4. The molecule has 1 N–H and O–H groups in total. The van der Waals surface area contributed by atoms with Gasteiger partial charge in [-0.25, -0.2) is 4.90 Å². The van der Waals surface area contributed by atoms with E-state index in [9.17, 15) is 22.8 Å². The molecule has 3 aromatic carbocycles. The van der Waals surface area contributed by atoms with Gasteiger partial charge in [0.15, 0.2) is 0 Å². The SMILES string of the molecule is Cc1ccc(N2C(=O)C(Nc3cccc(C(F)(F)F)c3)=C(c3ccccc3)C2=O)cc1C. The summed E-state index contributed by atoms with van der Waals surface area (Å²) in [5.41, 5.74) is 2.04. The third kappa shape index (κ3) is 3.89. The molecule has 0 atom stereocenters. The summed E-state index contributed by atoms with van der Waals surface area (Å²) in [6, 6.07) is 18.3. The van der Waals surface area contributed by atoms with Crippen LogP contribution in [0.4, 0.5) is 24.5 Å². The molecule has 4 nitrogen and oxygen atoms in total. The van der Waals surface area contributed by atoms with Crippen LogP contribution in [0.1, 0.15) is 22.3 Å². The molecule has 0 saturated heterocycles. The molecule has 0 radical (unpaired) electrons. The number of carbonyl (C=O) groups is 2. The van der Waals surface area contributed by atoms with Crippen LogP contribution in [0.25, 0.3) is 5.57 Å². The summed E-state index contributed by atoms with van der Waals surface area (Å²) in [6.07, 6.45) is -4.53. The Kier molecular flexibility index (Phi) is 5.34. The fraction of sp³-hybridized carbons (Fsp3) is 0.120. The van der Waals surface area contributed by atoms with Gasteiger partial charge in [-0.3, -0.25) is 9.59 Å². The molecule has 2 amide bonds. The number of nitrogens with one attached hydrogen (secondary N) is 1. The summed E-state index contributed by atoms with van der Waals surface area (Å²) in [5.74, 6) is -1.17. The predicted octanol–water partition coefficient (Wildman–Crippen LogP) is 5.72. The Bertz CT molecular complexity index is 1250. The molecule has 0 aliphatic carbocycles. The van der Waals surface area contributed by atoms with E-state index in [1.807, 2.05) is 19.9 Å². The number of imide groups is 1. The largest absolute Gasteiger partial charge is 0.416 e. The first-order valence-electron chi connectivity index (χ1n) is 9.87. The average molecular weight is 436 g/mol. The van der Waals surface area contributed by atoms with E-state index < -0.39 is 23.6 Å². The van der Waals surface area contributed by atoms with Gasteiger partial charge in [-0.2, -0.15) is 13.2 Å². The van der Waals surface area contributed by atoms with Crippen molar-refractivity contribution in [1.82, 2.24) is 0 Å². The molecular formula is C25H19F3N2O2. The molecular weight excluding hydrogens is 417 g/mol. The lowest BCUT2D eigenvalue weighted by Crippen LogP contribution is -2.32. The van der Waals surface area contributed by atoms with Gasteiger partial charge < -0.3 is 5.32 Å². The number of amides is 2. The Hall–Kier alpha value is -3.87. The summed E-state index contributed by atoms with van der Waals surface area (Å²) in [5, 5.41) is 2.78. The van der Waals surface area contributed by atoms with Crippen molar-refractivity contribution in [2.75, 3.05) is 10.2 Å². The first-order chi connectivity index (χ1) is 15.2. The van der Waals surface area contributed by atoms with Gasteiger partial charge in [-0.15, -0.1) is 0 Å². The van der Waals surface area contributed by atoms with Crippen LogP contribution in [-0.4, -0.2) is 11.8 Å². The van der Waals surface area contributed by atoms with E-state index in [0.29, 0.717) is 11.3 Å². The molecule has 1 aliphatic heterocycles. The molecule has 0 unspecified atom stereocenters.